The fraction of sp³-hybridized carbons (Fsp3) is 0.136. The van der Waals surface area contributed by atoms with Crippen LogP contribution in [0.15, 0.2) is 66.7 Å². The smallest absolute Gasteiger partial charge is 0.179 e. The molecule has 0 unspecified atom stereocenters. The largest absolute Gasteiger partial charge is 0.449 e. The Kier molecular flexibility index (Phi) is 4.02. The quantitative estimate of drug-likeness (QED) is 0.584. The van der Waals surface area contributed by atoms with Gasteiger partial charge in [0.2, 0.25) is 0 Å². The zero-order chi connectivity index (χ0) is 17.4. The summed E-state index contributed by atoms with van der Waals surface area (Å²) in [6, 6.07) is 22.7. The van der Waals surface area contributed by atoms with Crippen molar-refractivity contribution in [1.29, 1.82) is 0 Å². The Morgan fingerprint density at radius 2 is 1.32 bits per heavy atom. The molecule has 0 amide bonds. The molecule has 124 valence electrons. The van der Waals surface area contributed by atoms with E-state index in [1.165, 1.54) is 0 Å². The Hall–Kier alpha value is -2.65. The number of fused-ring (bicyclic) bond motifs is 2. The van der Waals surface area contributed by atoms with Gasteiger partial charge in [0.05, 0.1) is 5.92 Å². The average molecular weight is 345 g/mol. The second-order valence-electron chi connectivity index (χ2n) is 6.37. The van der Waals surface area contributed by atoms with Crippen molar-refractivity contribution in [3.8, 4) is 5.75 Å². The number of aryl methyl sites for hydroxylation is 2. The summed E-state index contributed by atoms with van der Waals surface area (Å²) in [5.41, 5.74) is 6.66. The Balaban J connectivity index is 1.78. The highest BCUT2D eigenvalue weighted by molar-refractivity contribution is 7.80. The number of rotatable bonds is 2. The summed E-state index contributed by atoms with van der Waals surface area (Å²) >= 11 is 5.78. The highest BCUT2D eigenvalue weighted by atomic mass is 32.1. The molecular weight excluding hydrogens is 326 g/mol. The molecule has 25 heavy (non-hydrogen) atoms. The van der Waals surface area contributed by atoms with Crippen LogP contribution < -0.4 is 10.1 Å². The minimum atomic E-state index is -0.0670. The lowest BCUT2D eigenvalue weighted by atomic mass is 9.86. The van der Waals surface area contributed by atoms with Crippen molar-refractivity contribution in [3.63, 3.8) is 0 Å². The van der Waals surface area contributed by atoms with Gasteiger partial charge in [0, 0.05) is 11.4 Å². The highest BCUT2D eigenvalue weighted by Gasteiger charge is 2.30. The summed E-state index contributed by atoms with van der Waals surface area (Å²) in [6.45, 7) is 4.10. The van der Waals surface area contributed by atoms with Gasteiger partial charge in [-0.3, -0.25) is 0 Å². The van der Waals surface area contributed by atoms with Crippen molar-refractivity contribution >= 4 is 28.6 Å². The van der Waals surface area contributed by atoms with Gasteiger partial charge in [0.25, 0.3) is 0 Å². The number of thiocarbonyl (C=S) groups is 1. The summed E-state index contributed by atoms with van der Waals surface area (Å²) in [5.74, 6) is 0.795. The average Bonchev–Trinajstić information content (AvgIpc) is 2.62. The van der Waals surface area contributed by atoms with E-state index < -0.39 is 0 Å². The maximum absolute atomic E-state index is 6.23. The van der Waals surface area contributed by atoms with E-state index in [0.717, 1.165) is 39.4 Å². The van der Waals surface area contributed by atoms with Crippen molar-refractivity contribution in [2.45, 2.75) is 19.8 Å². The van der Waals surface area contributed by atoms with Crippen LogP contribution in [0.5, 0.6) is 5.75 Å². The van der Waals surface area contributed by atoms with Crippen molar-refractivity contribution in [1.82, 2.24) is 0 Å². The second-order valence-corrected chi connectivity index (χ2v) is 6.78. The number of ether oxygens (including phenoxy) is 1. The molecule has 3 heteroatoms. The second kappa shape index (κ2) is 6.34. The van der Waals surface area contributed by atoms with Crippen LogP contribution in [0.1, 0.15) is 28.2 Å². The maximum Gasteiger partial charge on any atom is 0.179 e. The van der Waals surface area contributed by atoms with Gasteiger partial charge in [-0.1, -0.05) is 54.6 Å². The third-order valence-corrected chi connectivity index (χ3v) is 4.98. The molecule has 1 aliphatic heterocycles. The van der Waals surface area contributed by atoms with E-state index >= 15 is 0 Å². The molecule has 1 aliphatic rings. The molecule has 0 spiro atoms. The van der Waals surface area contributed by atoms with Gasteiger partial charge in [-0.05, 0) is 60.5 Å². The zero-order valence-electron chi connectivity index (χ0n) is 14.2. The zero-order valence-corrected chi connectivity index (χ0v) is 15.1. The van der Waals surface area contributed by atoms with Gasteiger partial charge in [0.1, 0.15) is 5.75 Å². The van der Waals surface area contributed by atoms with E-state index in [9.17, 15) is 0 Å². The highest BCUT2D eigenvalue weighted by Crippen LogP contribution is 2.42. The lowest BCUT2D eigenvalue weighted by Gasteiger charge is -2.29. The first-order valence-electron chi connectivity index (χ1n) is 8.38. The predicted molar refractivity (Wildman–Crippen MR) is 107 cm³/mol. The maximum atomic E-state index is 6.23. The summed E-state index contributed by atoms with van der Waals surface area (Å²) in [6.07, 6.45) is 0. The SMILES string of the molecule is Cc1cccc(C)c1OC(=S)C1c2ccccc2Nc2ccccc21. The van der Waals surface area contributed by atoms with E-state index in [0.29, 0.717) is 5.05 Å². The van der Waals surface area contributed by atoms with Gasteiger partial charge in [-0.2, -0.15) is 0 Å². The van der Waals surface area contributed by atoms with Crippen LogP contribution in [-0.2, 0) is 0 Å². The summed E-state index contributed by atoms with van der Waals surface area (Å²) in [4.78, 5) is 0. The molecule has 0 radical (unpaired) electrons. The number of hydrogen-bond donors (Lipinski definition) is 1. The Morgan fingerprint density at radius 3 is 1.88 bits per heavy atom. The third kappa shape index (κ3) is 2.81. The molecule has 3 aromatic carbocycles. The summed E-state index contributed by atoms with van der Waals surface area (Å²) in [7, 11) is 0. The molecule has 2 nitrogen and oxygen atoms in total. The monoisotopic (exact) mass is 345 g/mol. The number of hydrogen-bond acceptors (Lipinski definition) is 3. The minimum absolute atomic E-state index is 0.0670. The van der Waals surface area contributed by atoms with E-state index in [4.69, 9.17) is 17.0 Å². The number of anilines is 2. The molecule has 0 atom stereocenters. The standard InChI is InChI=1S/C22H19NOS/c1-14-8-7-9-15(2)21(14)24-22(25)20-16-10-3-5-12-18(16)23-19-13-6-4-11-17(19)20/h3-13,20,23H,1-2H3. The molecule has 0 aromatic heterocycles. The van der Waals surface area contributed by atoms with Gasteiger partial charge in [-0.15, -0.1) is 0 Å². The molecular formula is C22H19NOS. The molecule has 1 heterocycles. The molecule has 0 saturated heterocycles. The lowest BCUT2D eigenvalue weighted by Crippen LogP contribution is -2.23. The fourth-order valence-corrected chi connectivity index (χ4v) is 3.75. The normalized spacial score (nSPS) is 12.7. The van der Waals surface area contributed by atoms with Crippen LogP contribution >= 0.6 is 12.2 Å². The number of nitrogens with one attached hydrogen (secondary N) is 1. The first-order chi connectivity index (χ1) is 12.1. The molecule has 0 aliphatic carbocycles. The molecule has 0 fully saturated rings. The van der Waals surface area contributed by atoms with Crippen LogP contribution in [0, 0.1) is 13.8 Å². The predicted octanol–water partition coefficient (Wildman–Crippen LogP) is 5.90. The van der Waals surface area contributed by atoms with Crippen LogP contribution in [-0.4, -0.2) is 5.05 Å². The topological polar surface area (TPSA) is 21.3 Å². The summed E-state index contributed by atoms with van der Waals surface area (Å²) < 4.78 is 6.23. The molecule has 3 aromatic rings. The van der Waals surface area contributed by atoms with Gasteiger partial charge >= 0.3 is 0 Å². The van der Waals surface area contributed by atoms with Gasteiger partial charge in [0.15, 0.2) is 5.05 Å². The molecule has 4 rings (SSSR count). The van der Waals surface area contributed by atoms with E-state index in [-0.39, 0.29) is 5.92 Å². The third-order valence-electron chi connectivity index (χ3n) is 4.66. The number of para-hydroxylation sites is 3. The minimum Gasteiger partial charge on any atom is -0.449 e. The van der Waals surface area contributed by atoms with Crippen molar-refractivity contribution in [3.05, 3.63) is 89.0 Å². The first kappa shape index (κ1) is 15.9. The molecule has 0 saturated carbocycles. The van der Waals surface area contributed by atoms with Crippen LogP contribution in [0.25, 0.3) is 0 Å². The van der Waals surface area contributed by atoms with E-state index in [2.05, 4.69) is 55.6 Å². The summed E-state index contributed by atoms with van der Waals surface area (Å²) in [5, 5.41) is 4.08. The van der Waals surface area contributed by atoms with Crippen molar-refractivity contribution in [2.75, 3.05) is 5.32 Å². The Bertz CT molecular complexity index is 898. The molecule has 1 N–H and O–H groups in total. The Labute approximate surface area is 153 Å². The van der Waals surface area contributed by atoms with E-state index in [1.807, 2.05) is 30.3 Å². The lowest BCUT2D eigenvalue weighted by molar-refractivity contribution is 0.534. The van der Waals surface area contributed by atoms with E-state index in [1.54, 1.807) is 0 Å². The number of benzene rings is 3. The van der Waals surface area contributed by atoms with Crippen LogP contribution in [0.2, 0.25) is 0 Å². The van der Waals surface area contributed by atoms with Crippen molar-refractivity contribution < 1.29 is 4.74 Å². The molecule has 0 bridgehead atoms. The van der Waals surface area contributed by atoms with Gasteiger partial charge < -0.3 is 10.1 Å². The Morgan fingerprint density at radius 1 is 0.800 bits per heavy atom. The van der Waals surface area contributed by atoms with Gasteiger partial charge in [-0.25, -0.2) is 0 Å². The van der Waals surface area contributed by atoms with Crippen LogP contribution in [0.3, 0.4) is 0 Å². The fourth-order valence-electron chi connectivity index (χ4n) is 3.41. The van der Waals surface area contributed by atoms with Crippen molar-refractivity contribution in [2.24, 2.45) is 0 Å². The first-order valence-corrected chi connectivity index (χ1v) is 8.79. The van der Waals surface area contributed by atoms with Crippen LogP contribution in [0.4, 0.5) is 11.4 Å².